The molecule has 0 spiro atoms. The second-order valence-electron chi connectivity index (χ2n) is 10.5. The Bertz CT molecular complexity index is 1650. The van der Waals surface area contributed by atoms with Gasteiger partial charge in [-0.3, -0.25) is 0 Å². The normalized spacial score (nSPS) is 13.9. The standard InChI is InChI=1S/C33H32ClN7O/c1-23-10-12-28(13-11-23)36-31-37-32(40-35-22-29-14-15-30(42-29)26-8-5-9-27(34)21-26)39-33(38-31)41-18-16-25(17-19-41)20-24-6-3-2-4-7-24/h2-15,21-22,25H,16-20H2,1H3,(H2,36,37,38,39,40)/b35-22-. The van der Waals surface area contributed by atoms with Crippen molar-refractivity contribution in [2.24, 2.45) is 11.0 Å². The van der Waals surface area contributed by atoms with Gasteiger partial charge in [-0.25, -0.2) is 5.43 Å². The monoisotopic (exact) mass is 577 g/mol. The first-order valence-electron chi connectivity index (χ1n) is 14.1. The number of hydrazone groups is 1. The molecule has 1 fully saturated rings. The van der Waals surface area contributed by atoms with E-state index in [2.05, 4.69) is 63.0 Å². The summed E-state index contributed by atoms with van der Waals surface area (Å²) >= 11 is 6.13. The number of hydrogen-bond donors (Lipinski definition) is 2. The number of nitrogens with zero attached hydrogens (tertiary/aromatic N) is 5. The maximum atomic E-state index is 6.13. The average molecular weight is 578 g/mol. The van der Waals surface area contributed by atoms with Crippen molar-refractivity contribution < 1.29 is 4.42 Å². The van der Waals surface area contributed by atoms with E-state index in [0.29, 0.717) is 40.3 Å². The maximum absolute atomic E-state index is 6.13. The molecule has 0 bridgehead atoms. The Labute approximate surface area is 250 Å². The quantitative estimate of drug-likeness (QED) is 0.137. The van der Waals surface area contributed by atoms with Crippen LogP contribution in [0.15, 0.2) is 101 Å². The SMILES string of the molecule is Cc1ccc(Nc2nc(N/N=C\c3ccc(-c4cccc(Cl)c4)o3)nc(N3CCC(Cc4ccccc4)CC3)n2)cc1. The van der Waals surface area contributed by atoms with Gasteiger partial charge in [0, 0.05) is 29.4 Å². The summed E-state index contributed by atoms with van der Waals surface area (Å²) in [6.07, 6.45) is 4.85. The van der Waals surface area contributed by atoms with Crippen molar-refractivity contribution in [1.82, 2.24) is 15.0 Å². The molecule has 0 unspecified atom stereocenters. The predicted octanol–water partition coefficient (Wildman–Crippen LogP) is 7.74. The number of anilines is 4. The predicted molar refractivity (Wildman–Crippen MR) is 170 cm³/mol. The summed E-state index contributed by atoms with van der Waals surface area (Å²) in [6.45, 7) is 3.82. The highest BCUT2D eigenvalue weighted by Crippen LogP contribution is 2.27. The van der Waals surface area contributed by atoms with E-state index in [9.17, 15) is 0 Å². The van der Waals surface area contributed by atoms with Crippen molar-refractivity contribution in [3.63, 3.8) is 0 Å². The number of furan rings is 1. The highest BCUT2D eigenvalue weighted by atomic mass is 35.5. The van der Waals surface area contributed by atoms with Crippen molar-refractivity contribution in [1.29, 1.82) is 0 Å². The maximum Gasteiger partial charge on any atom is 0.250 e. The van der Waals surface area contributed by atoms with Crippen molar-refractivity contribution in [2.75, 3.05) is 28.7 Å². The van der Waals surface area contributed by atoms with Gasteiger partial charge in [0.2, 0.25) is 17.8 Å². The van der Waals surface area contributed by atoms with Crippen molar-refractivity contribution in [3.05, 3.63) is 113 Å². The van der Waals surface area contributed by atoms with E-state index in [1.165, 1.54) is 11.1 Å². The number of hydrogen-bond acceptors (Lipinski definition) is 8. The second kappa shape index (κ2) is 12.9. The van der Waals surface area contributed by atoms with Crippen LogP contribution >= 0.6 is 11.6 Å². The molecule has 212 valence electrons. The van der Waals surface area contributed by atoms with Gasteiger partial charge in [-0.1, -0.05) is 71.8 Å². The minimum absolute atomic E-state index is 0.346. The van der Waals surface area contributed by atoms with E-state index in [-0.39, 0.29) is 0 Å². The molecule has 3 aromatic carbocycles. The molecule has 6 rings (SSSR count). The summed E-state index contributed by atoms with van der Waals surface area (Å²) in [6, 6.07) is 30.1. The molecule has 0 atom stereocenters. The Balaban J connectivity index is 1.17. The number of aromatic nitrogens is 3. The van der Waals surface area contributed by atoms with Crippen LogP contribution in [0.25, 0.3) is 11.3 Å². The van der Waals surface area contributed by atoms with Crippen molar-refractivity contribution in [2.45, 2.75) is 26.2 Å². The molecule has 8 nitrogen and oxygen atoms in total. The number of benzene rings is 3. The Kier molecular flexibility index (Phi) is 8.42. The van der Waals surface area contributed by atoms with Crippen LogP contribution in [0.2, 0.25) is 5.02 Å². The minimum atomic E-state index is 0.346. The van der Waals surface area contributed by atoms with Gasteiger partial charge >= 0.3 is 0 Å². The molecule has 1 aliphatic heterocycles. The third-order valence-corrected chi connectivity index (χ3v) is 7.52. The fourth-order valence-electron chi connectivity index (χ4n) is 5.04. The highest BCUT2D eigenvalue weighted by molar-refractivity contribution is 6.30. The zero-order valence-corrected chi connectivity index (χ0v) is 24.1. The second-order valence-corrected chi connectivity index (χ2v) is 10.9. The summed E-state index contributed by atoms with van der Waals surface area (Å²) in [5.41, 5.74) is 7.34. The number of aryl methyl sites for hydroxylation is 1. The fourth-order valence-corrected chi connectivity index (χ4v) is 5.23. The Hall–Kier alpha value is -4.69. The van der Waals surface area contributed by atoms with Gasteiger partial charge in [0.15, 0.2) is 0 Å². The molecule has 1 aliphatic rings. The lowest BCUT2D eigenvalue weighted by atomic mass is 9.90. The largest absolute Gasteiger partial charge is 0.455 e. The van der Waals surface area contributed by atoms with E-state index in [1.807, 2.05) is 60.7 Å². The molecule has 1 saturated heterocycles. The van der Waals surface area contributed by atoms with E-state index in [4.69, 9.17) is 26.0 Å². The smallest absolute Gasteiger partial charge is 0.250 e. The van der Waals surface area contributed by atoms with Gasteiger partial charge in [-0.15, -0.1) is 0 Å². The van der Waals surface area contributed by atoms with Crippen molar-refractivity contribution in [3.8, 4) is 11.3 Å². The number of rotatable bonds is 9. The van der Waals surface area contributed by atoms with Crippen LogP contribution in [0.1, 0.15) is 29.7 Å². The summed E-state index contributed by atoms with van der Waals surface area (Å²) in [4.78, 5) is 16.3. The van der Waals surface area contributed by atoms with Gasteiger partial charge in [0.05, 0.1) is 6.21 Å². The molecular weight excluding hydrogens is 546 g/mol. The first kappa shape index (κ1) is 27.5. The summed E-state index contributed by atoms with van der Waals surface area (Å²) in [7, 11) is 0. The third-order valence-electron chi connectivity index (χ3n) is 7.29. The van der Waals surface area contributed by atoms with Crippen LogP contribution in [0.3, 0.4) is 0 Å². The lowest BCUT2D eigenvalue weighted by Crippen LogP contribution is -2.35. The summed E-state index contributed by atoms with van der Waals surface area (Å²) in [5, 5.41) is 8.32. The summed E-state index contributed by atoms with van der Waals surface area (Å²) in [5.74, 6) is 3.36. The molecular formula is C33H32ClN7O. The fraction of sp³-hybridized carbons (Fsp3) is 0.212. The van der Waals surface area contributed by atoms with Crippen LogP contribution in [0, 0.1) is 12.8 Å². The van der Waals surface area contributed by atoms with Gasteiger partial charge in [-0.05, 0) is 74.1 Å². The van der Waals surface area contributed by atoms with E-state index < -0.39 is 0 Å². The van der Waals surface area contributed by atoms with Crippen LogP contribution in [-0.2, 0) is 6.42 Å². The van der Waals surface area contributed by atoms with Crippen LogP contribution in [-0.4, -0.2) is 34.3 Å². The van der Waals surface area contributed by atoms with Gasteiger partial charge < -0.3 is 14.6 Å². The van der Waals surface area contributed by atoms with E-state index in [1.54, 1.807) is 6.21 Å². The average Bonchev–Trinajstić information content (AvgIpc) is 3.48. The number of nitrogens with one attached hydrogen (secondary N) is 2. The molecule has 5 aromatic rings. The molecule has 0 aliphatic carbocycles. The van der Waals surface area contributed by atoms with E-state index in [0.717, 1.165) is 43.6 Å². The molecule has 3 heterocycles. The van der Waals surface area contributed by atoms with Gasteiger partial charge in [-0.2, -0.15) is 20.1 Å². The molecule has 0 amide bonds. The number of piperidine rings is 1. The third kappa shape index (κ3) is 7.14. The molecule has 2 aromatic heterocycles. The van der Waals surface area contributed by atoms with E-state index >= 15 is 0 Å². The van der Waals surface area contributed by atoms with Crippen molar-refractivity contribution >= 4 is 41.3 Å². The molecule has 0 saturated carbocycles. The van der Waals surface area contributed by atoms with Crippen LogP contribution in [0.5, 0.6) is 0 Å². The van der Waals surface area contributed by atoms with Gasteiger partial charge in [0.25, 0.3) is 0 Å². The topological polar surface area (TPSA) is 91.5 Å². The Morgan fingerprint density at radius 2 is 1.69 bits per heavy atom. The minimum Gasteiger partial charge on any atom is -0.455 e. The first-order chi connectivity index (χ1) is 20.6. The molecule has 0 radical (unpaired) electrons. The van der Waals surface area contributed by atoms with Crippen LogP contribution in [0.4, 0.5) is 23.5 Å². The lowest BCUT2D eigenvalue weighted by molar-refractivity contribution is 0.400. The lowest BCUT2D eigenvalue weighted by Gasteiger charge is -2.32. The first-order valence-corrected chi connectivity index (χ1v) is 14.5. The summed E-state index contributed by atoms with van der Waals surface area (Å²) < 4.78 is 5.92. The Morgan fingerprint density at radius 3 is 2.48 bits per heavy atom. The number of halogens is 1. The molecule has 42 heavy (non-hydrogen) atoms. The zero-order chi connectivity index (χ0) is 28.7. The molecule has 9 heteroatoms. The zero-order valence-electron chi connectivity index (χ0n) is 23.4. The Morgan fingerprint density at radius 1 is 0.905 bits per heavy atom. The van der Waals surface area contributed by atoms with Gasteiger partial charge in [0.1, 0.15) is 11.5 Å². The van der Waals surface area contributed by atoms with Crippen LogP contribution < -0.4 is 15.6 Å². The molecule has 2 N–H and O–H groups in total. The highest BCUT2D eigenvalue weighted by Gasteiger charge is 2.22.